The molecule has 3 saturated heterocycles. The van der Waals surface area contributed by atoms with Crippen molar-refractivity contribution in [2.75, 3.05) is 4.90 Å². The zero-order valence-corrected chi connectivity index (χ0v) is 20.9. The van der Waals surface area contributed by atoms with Gasteiger partial charge in [-0.1, -0.05) is 77.9 Å². The van der Waals surface area contributed by atoms with Gasteiger partial charge in [0.05, 0.1) is 30.1 Å². The predicted octanol–water partition coefficient (Wildman–Crippen LogP) is 4.39. The van der Waals surface area contributed by atoms with E-state index in [1.54, 1.807) is 19.1 Å². The van der Waals surface area contributed by atoms with Crippen LogP contribution in [0.4, 0.5) is 10.5 Å². The minimum atomic E-state index is -1.49. The molecule has 6 rings (SSSR count). The Morgan fingerprint density at radius 1 is 0.784 bits per heavy atom. The summed E-state index contributed by atoms with van der Waals surface area (Å²) in [5.41, 5.74) is 2.50. The molecular formula is C30H27N3O4. The van der Waals surface area contributed by atoms with Gasteiger partial charge in [0.1, 0.15) is 5.54 Å². The smallest absolute Gasteiger partial charge is 0.301 e. The van der Waals surface area contributed by atoms with Gasteiger partial charge in [0, 0.05) is 0 Å². The summed E-state index contributed by atoms with van der Waals surface area (Å²) in [5.74, 6) is -3.04. The molecule has 0 aliphatic carbocycles. The number of carbonyl (C=O) groups is 4. The molecule has 3 aromatic rings. The highest BCUT2D eigenvalue weighted by Crippen LogP contribution is 2.58. The standard InChI is InChI=1S/C30H27N3O4/c1-18-12-14-22(15-13-18)32-28(36)30(3)24-23(25(33(30)29(32)37)21-11-7-8-19(2)16-21)26(34)31(27(24)35)17-20-9-5-4-6-10-20/h4-16,23-25H,17H2,1-3H3/t23?,24?,25?,30-/m1/s1. The molecule has 0 radical (unpaired) electrons. The van der Waals surface area contributed by atoms with Crippen molar-refractivity contribution in [3.05, 3.63) is 101 Å². The van der Waals surface area contributed by atoms with Crippen molar-refractivity contribution < 1.29 is 19.2 Å². The zero-order chi connectivity index (χ0) is 26.1. The molecule has 0 N–H and O–H groups in total. The maximum atomic E-state index is 14.1. The number of fused-ring (bicyclic) bond motifs is 3. The van der Waals surface area contributed by atoms with Crippen LogP contribution in [0.5, 0.6) is 0 Å². The molecule has 3 aliphatic heterocycles. The van der Waals surface area contributed by atoms with Gasteiger partial charge in [0.2, 0.25) is 11.8 Å². The van der Waals surface area contributed by atoms with E-state index in [1.807, 2.05) is 80.6 Å². The number of likely N-dealkylation sites (tertiary alicyclic amines) is 1. The summed E-state index contributed by atoms with van der Waals surface area (Å²) in [4.78, 5) is 59.8. The topological polar surface area (TPSA) is 78.0 Å². The van der Waals surface area contributed by atoms with E-state index in [1.165, 1.54) is 9.80 Å². The highest BCUT2D eigenvalue weighted by molar-refractivity contribution is 6.26. The molecule has 0 saturated carbocycles. The predicted molar refractivity (Wildman–Crippen MR) is 137 cm³/mol. The second kappa shape index (κ2) is 8.13. The van der Waals surface area contributed by atoms with Crippen LogP contribution < -0.4 is 4.90 Å². The van der Waals surface area contributed by atoms with Crippen LogP contribution in [0.25, 0.3) is 0 Å². The van der Waals surface area contributed by atoms with Gasteiger partial charge >= 0.3 is 6.03 Å². The van der Waals surface area contributed by atoms with Gasteiger partial charge in [-0.3, -0.25) is 19.3 Å². The fourth-order valence-electron chi connectivity index (χ4n) is 6.29. The SMILES string of the molecule is Cc1ccc(N2C(=O)N3C(c4cccc(C)c4)C4C(=O)N(Cc5ccccc5)C(=O)C4[C@]3(C)C2=O)cc1. The van der Waals surface area contributed by atoms with Crippen molar-refractivity contribution in [3.8, 4) is 0 Å². The second-order valence-corrected chi connectivity index (χ2v) is 10.4. The Kier molecular flexibility index (Phi) is 5.09. The first-order valence-corrected chi connectivity index (χ1v) is 12.4. The minimum absolute atomic E-state index is 0.131. The van der Waals surface area contributed by atoms with Crippen LogP contribution in [0.2, 0.25) is 0 Å². The molecule has 5 amide bonds. The van der Waals surface area contributed by atoms with E-state index in [-0.39, 0.29) is 12.5 Å². The summed E-state index contributed by atoms with van der Waals surface area (Å²) in [5, 5.41) is 0. The number of amides is 5. The average Bonchev–Trinajstić information content (AvgIpc) is 3.38. The van der Waals surface area contributed by atoms with E-state index in [0.29, 0.717) is 5.69 Å². The lowest BCUT2D eigenvalue weighted by molar-refractivity contribution is -0.144. The summed E-state index contributed by atoms with van der Waals surface area (Å²) in [6.45, 7) is 5.64. The average molecular weight is 494 g/mol. The fourth-order valence-corrected chi connectivity index (χ4v) is 6.29. The summed E-state index contributed by atoms with van der Waals surface area (Å²) >= 11 is 0. The normalized spacial score (nSPS) is 26.8. The molecule has 3 unspecified atom stereocenters. The molecule has 186 valence electrons. The number of imide groups is 2. The van der Waals surface area contributed by atoms with Gasteiger partial charge in [-0.15, -0.1) is 0 Å². The van der Waals surface area contributed by atoms with E-state index in [2.05, 4.69) is 0 Å². The highest BCUT2D eigenvalue weighted by atomic mass is 16.2. The third-order valence-electron chi connectivity index (χ3n) is 8.06. The molecule has 3 fully saturated rings. The Balaban J connectivity index is 1.49. The highest BCUT2D eigenvalue weighted by Gasteiger charge is 2.75. The maximum Gasteiger partial charge on any atom is 0.332 e. The van der Waals surface area contributed by atoms with Crippen LogP contribution in [-0.4, -0.2) is 39.1 Å². The van der Waals surface area contributed by atoms with Crippen molar-refractivity contribution >= 4 is 29.4 Å². The van der Waals surface area contributed by atoms with Gasteiger partial charge in [-0.25, -0.2) is 9.69 Å². The van der Waals surface area contributed by atoms with Crippen LogP contribution in [0.15, 0.2) is 78.9 Å². The van der Waals surface area contributed by atoms with Crippen LogP contribution in [-0.2, 0) is 20.9 Å². The van der Waals surface area contributed by atoms with Crippen LogP contribution in [0.1, 0.15) is 35.2 Å². The molecule has 0 bridgehead atoms. The third kappa shape index (κ3) is 3.19. The largest absolute Gasteiger partial charge is 0.332 e. The van der Waals surface area contributed by atoms with E-state index in [9.17, 15) is 19.2 Å². The van der Waals surface area contributed by atoms with E-state index in [4.69, 9.17) is 0 Å². The molecule has 3 aliphatic rings. The lowest BCUT2D eigenvalue weighted by Gasteiger charge is -2.32. The van der Waals surface area contributed by atoms with Crippen LogP contribution >= 0.6 is 0 Å². The number of anilines is 1. The van der Waals surface area contributed by atoms with Crippen molar-refractivity contribution in [1.29, 1.82) is 0 Å². The van der Waals surface area contributed by atoms with E-state index < -0.39 is 41.3 Å². The summed E-state index contributed by atoms with van der Waals surface area (Å²) < 4.78 is 0. The molecule has 7 heteroatoms. The Bertz CT molecular complexity index is 1450. The monoisotopic (exact) mass is 493 g/mol. The number of rotatable bonds is 4. The Morgan fingerprint density at radius 3 is 2.16 bits per heavy atom. The van der Waals surface area contributed by atoms with Crippen molar-refractivity contribution in [3.63, 3.8) is 0 Å². The number of hydrogen-bond acceptors (Lipinski definition) is 4. The lowest BCUT2D eigenvalue weighted by Crippen LogP contribution is -2.51. The number of carbonyl (C=O) groups excluding carboxylic acids is 4. The number of urea groups is 1. The van der Waals surface area contributed by atoms with Gasteiger partial charge in [0.25, 0.3) is 5.91 Å². The van der Waals surface area contributed by atoms with E-state index in [0.717, 1.165) is 27.2 Å². The third-order valence-corrected chi connectivity index (χ3v) is 8.06. The summed E-state index contributed by atoms with van der Waals surface area (Å²) in [7, 11) is 0. The first kappa shape index (κ1) is 23.2. The first-order chi connectivity index (χ1) is 17.7. The maximum absolute atomic E-state index is 14.1. The Morgan fingerprint density at radius 2 is 1.49 bits per heavy atom. The van der Waals surface area contributed by atoms with Crippen molar-refractivity contribution in [1.82, 2.24) is 9.80 Å². The number of benzene rings is 3. The Labute approximate surface area is 215 Å². The van der Waals surface area contributed by atoms with Crippen molar-refractivity contribution in [2.24, 2.45) is 11.8 Å². The summed E-state index contributed by atoms with van der Waals surface area (Å²) in [6.07, 6.45) is 0. The van der Waals surface area contributed by atoms with Gasteiger partial charge in [0.15, 0.2) is 0 Å². The lowest BCUT2D eigenvalue weighted by atomic mass is 9.79. The number of nitrogens with zero attached hydrogens (tertiary/aromatic N) is 3. The van der Waals surface area contributed by atoms with Crippen molar-refractivity contribution in [2.45, 2.75) is 38.9 Å². The molecule has 0 spiro atoms. The fraction of sp³-hybridized carbons (Fsp3) is 0.267. The molecular weight excluding hydrogens is 466 g/mol. The number of hydrogen-bond donors (Lipinski definition) is 0. The molecule has 3 aromatic carbocycles. The van der Waals surface area contributed by atoms with Gasteiger partial charge in [-0.2, -0.15) is 0 Å². The molecule has 7 nitrogen and oxygen atoms in total. The van der Waals surface area contributed by atoms with E-state index >= 15 is 0 Å². The van der Waals surface area contributed by atoms with Crippen LogP contribution in [0, 0.1) is 25.7 Å². The zero-order valence-electron chi connectivity index (χ0n) is 20.9. The molecule has 3 heterocycles. The molecule has 0 aromatic heterocycles. The quantitative estimate of drug-likeness (QED) is 0.399. The molecule has 4 atom stereocenters. The second-order valence-electron chi connectivity index (χ2n) is 10.4. The Hall–Kier alpha value is -4.26. The van der Waals surface area contributed by atoms with Gasteiger partial charge in [-0.05, 0) is 44.0 Å². The molecule has 37 heavy (non-hydrogen) atoms. The van der Waals surface area contributed by atoms with Crippen LogP contribution in [0.3, 0.4) is 0 Å². The first-order valence-electron chi connectivity index (χ1n) is 12.4. The number of aryl methyl sites for hydroxylation is 2. The summed E-state index contributed by atoms with van der Waals surface area (Å²) in [6, 6.07) is 22.8. The van der Waals surface area contributed by atoms with Gasteiger partial charge < -0.3 is 4.90 Å². The minimum Gasteiger partial charge on any atom is -0.301 e.